The molecule has 9 nitrogen and oxygen atoms in total. The molecule has 29 heavy (non-hydrogen) atoms. The first-order chi connectivity index (χ1) is 13.0. The molecule has 0 heterocycles. The molecule has 1 aromatic carbocycles. The van der Waals surface area contributed by atoms with Crippen LogP contribution in [0.25, 0.3) is 0 Å². The molecule has 0 bridgehead atoms. The third kappa shape index (κ3) is 9.72. The number of methoxy groups -OCH3 is 3. The molecule has 0 fully saturated rings. The van der Waals surface area contributed by atoms with Crippen LogP contribution < -0.4 is 29.6 Å². The summed E-state index contributed by atoms with van der Waals surface area (Å²) in [5, 5.41) is 6.30. The van der Waals surface area contributed by atoms with E-state index in [0.717, 1.165) is 11.8 Å². The molecule has 0 amide bonds. The normalized spacial score (nSPS) is 12.0. The number of benzene rings is 1. The lowest BCUT2D eigenvalue weighted by atomic mass is 10.1. The summed E-state index contributed by atoms with van der Waals surface area (Å²) in [5.74, 6) is 2.21. The second-order valence-corrected chi connectivity index (χ2v) is 8.59. The Morgan fingerprint density at radius 2 is 1.62 bits per heavy atom. The molecule has 0 aromatic heterocycles. The molecule has 0 aliphatic carbocycles. The first-order valence-corrected chi connectivity index (χ1v) is 10.7. The molecule has 0 aliphatic rings. The Morgan fingerprint density at radius 3 is 2.03 bits per heavy atom. The number of hydrogen-bond donors (Lipinski definition) is 3. The topological polar surface area (TPSA) is 110 Å². The maximum absolute atomic E-state index is 11.5. The van der Waals surface area contributed by atoms with Crippen LogP contribution in [0.3, 0.4) is 0 Å². The molecule has 1 aromatic rings. The van der Waals surface area contributed by atoms with Gasteiger partial charge in [-0.1, -0.05) is 0 Å². The average Bonchev–Trinajstić information content (AvgIpc) is 2.60. The van der Waals surface area contributed by atoms with Gasteiger partial charge in [-0.05, 0) is 38.5 Å². The van der Waals surface area contributed by atoms with Crippen molar-refractivity contribution >= 4 is 40.0 Å². The van der Waals surface area contributed by atoms with Crippen LogP contribution in [0.15, 0.2) is 17.1 Å². The number of halogens is 1. The fourth-order valence-corrected chi connectivity index (χ4v) is 3.66. The minimum absolute atomic E-state index is 0. The summed E-state index contributed by atoms with van der Waals surface area (Å²) in [7, 11) is 1.37. The molecule has 0 atom stereocenters. The third-order valence-electron chi connectivity index (χ3n) is 3.65. The van der Waals surface area contributed by atoms with Gasteiger partial charge in [0.15, 0.2) is 17.5 Å². The van der Waals surface area contributed by atoms with Crippen LogP contribution in [-0.4, -0.2) is 60.6 Å². The predicted octanol–water partition coefficient (Wildman–Crippen LogP) is 1.71. The first-order valence-electron chi connectivity index (χ1n) is 8.85. The van der Waals surface area contributed by atoms with Gasteiger partial charge >= 0.3 is 0 Å². The van der Waals surface area contributed by atoms with E-state index in [2.05, 4.69) is 20.3 Å². The predicted molar refractivity (Wildman–Crippen MR) is 126 cm³/mol. The van der Waals surface area contributed by atoms with Crippen LogP contribution in [0.2, 0.25) is 0 Å². The fourth-order valence-electron chi connectivity index (χ4n) is 2.58. The van der Waals surface area contributed by atoms with E-state index in [1.54, 1.807) is 35.2 Å². The van der Waals surface area contributed by atoms with Crippen molar-refractivity contribution in [2.45, 2.75) is 32.9 Å². The number of sulfonamides is 1. The Hall–Kier alpha value is -1.47. The van der Waals surface area contributed by atoms with Crippen molar-refractivity contribution in [2.75, 3.05) is 40.7 Å². The van der Waals surface area contributed by atoms with Crippen molar-refractivity contribution in [1.29, 1.82) is 0 Å². The minimum Gasteiger partial charge on any atom is -0.493 e. The van der Waals surface area contributed by atoms with E-state index in [-0.39, 0.29) is 24.0 Å². The molecule has 168 valence electrons. The van der Waals surface area contributed by atoms with Gasteiger partial charge < -0.3 is 24.8 Å². The summed E-state index contributed by atoms with van der Waals surface area (Å²) in [6, 6.07) is 3.67. The van der Waals surface area contributed by atoms with Crippen molar-refractivity contribution in [1.82, 2.24) is 15.4 Å². The van der Waals surface area contributed by atoms with Crippen molar-refractivity contribution in [3.8, 4) is 17.2 Å². The highest BCUT2D eigenvalue weighted by atomic mass is 127. The van der Waals surface area contributed by atoms with Crippen molar-refractivity contribution in [3.05, 3.63) is 17.7 Å². The second kappa shape index (κ2) is 12.3. The molecule has 0 saturated heterocycles. The Morgan fingerprint density at radius 1 is 1.07 bits per heavy atom. The highest BCUT2D eigenvalue weighted by Gasteiger charge is 2.22. The molecule has 0 unspecified atom stereocenters. The van der Waals surface area contributed by atoms with Crippen molar-refractivity contribution in [3.63, 3.8) is 0 Å². The summed E-state index contributed by atoms with van der Waals surface area (Å²) >= 11 is 0. The SMILES string of the molecule is CCNC(=NCc1cc(OC)c(OC)c(OC)c1)NCC(C)(C)NS(C)(=O)=O.I. The van der Waals surface area contributed by atoms with E-state index in [1.165, 1.54) is 0 Å². The molecule has 0 aliphatic heterocycles. The van der Waals surface area contributed by atoms with Gasteiger partial charge in [0.1, 0.15) is 0 Å². The van der Waals surface area contributed by atoms with Gasteiger partial charge in [0.05, 0.1) is 34.1 Å². The first kappa shape index (κ1) is 27.5. The summed E-state index contributed by atoms with van der Waals surface area (Å²) in [6.07, 6.45) is 1.14. The lowest BCUT2D eigenvalue weighted by Crippen LogP contribution is -2.53. The van der Waals surface area contributed by atoms with E-state index in [9.17, 15) is 8.42 Å². The van der Waals surface area contributed by atoms with Crippen LogP contribution in [0.4, 0.5) is 0 Å². The third-order valence-corrected chi connectivity index (χ3v) is 4.57. The highest BCUT2D eigenvalue weighted by molar-refractivity contribution is 14.0. The molecular formula is C18H33IN4O5S. The van der Waals surface area contributed by atoms with Crippen LogP contribution in [0, 0.1) is 0 Å². The lowest BCUT2D eigenvalue weighted by Gasteiger charge is -2.26. The largest absolute Gasteiger partial charge is 0.493 e. The Bertz CT molecular complexity index is 759. The molecule has 11 heteroatoms. The van der Waals surface area contributed by atoms with Crippen molar-refractivity contribution < 1.29 is 22.6 Å². The summed E-state index contributed by atoms with van der Waals surface area (Å²) in [6.45, 7) is 6.94. The number of hydrogen-bond acceptors (Lipinski definition) is 6. The maximum Gasteiger partial charge on any atom is 0.209 e. The zero-order valence-electron chi connectivity index (χ0n) is 18.1. The van der Waals surface area contributed by atoms with Gasteiger partial charge in [0, 0.05) is 18.6 Å². The number of aliphatic imine (C=N–C) groups is 1. The quantitative estimate of drug-likeness (QED) is 0.234. The van der Waals surface area contributed by atoms with E-state index >= 15 is 0 Å². The Kier molecular flexibility index (Phi) is 11.7. The van der Waals surface area contributed by atoms with E-state index < -0.39 is 15.6 Å². The standard InChI is InChI=1S/C18H32N4O5S.HI/c1-8-19-17(21-12-18(2,3)22-28(7,23)24)20-11-13-9-14(25-4)16(27-6)15(10-13)26-5;/h9-10,22H,8,11-12H2,1-7H3,(H2,19,20,21);1H. The summed E-state index contributed by atoms with van der Waals surface area (Å²) in [5.41, 5.74) is 0.205. The minimum atomic E-state index is -3.31. The number of nitrogens with one attached hydrogen (secondary N) is 3. The fraction of sp³-hybridized carbons (Fsp3) is 0.611. The number of rotatable bonds is 10. The molecule has 1 rings (SSSR count). The average molecular weight is 544 g/mol. The molecular weight excluding hydrogens is 511 g/mol. The number of ether oxygens (including phenoxy) is 3. The summed E-state index contributed by atoms with van der Waals surface area (Å²) in [4.78, 5) is 4.55. The lowest BCUT2D eigenvalue weighted by molar-refractivity contribution is 0.324. The monoisotopic (exact) mass is 544 g/mol. The highest BCUT2D eigenvalue weighted by Crippen LogP contribution is 2.38. The van der Waals surface area contributed by atoms with Gasteiger partial charge in [0.2, 0.25) is 15.8 Å². The zero-order valence-corrected chi connectivity index (χ0v) is 21.2. The van der Waals surface area contributed by atoms with Crippen LogP contribution in [0.5, 0.6) is 17.2 Å². The van der Waals surface area contributed by atoms with Crippen LogP contribution >= 0.6 is 24.0 Å². The maximum atomic E-state index is 11.5. The van der Waals surface area contributed by atoms with E-state index in [4.69, 9.17) is 14.2 Å². The molecule has 0 saturated carbocycles. The zero-order chi connectivity index (χ0) is 21.4. The van der Waals surface area contributed by atoms with E-state index in [0.29, 0.717) is 42.8 Å². The summed E-state index contributed by atoms with van der Waals surface area (Å²) < 4.78 is 41.6. The Balaban J connectivity index is 0.00000784. The number of nitrogens with zero attached hydrogens (tertiary/aromatic N) is 1. The van der Waals surface area contributed by atoms with E-state index in [1.807, 2.05) is 19.1 Å². The molecule has 0 spiro atoms. The van der Waals surface area contributed by atoms with Crippen LogP contribution in [-0.2, 0) is 16.6 Å². The van der Waals surface area contributed by atoms with Gasteiger partial charge in [0.25, 0.3) is 0 Å². The molecule has 3 N–H and O–H groups in total. The number of guanidine groups is 1. The van der Waals surface area contributed by atoms with Gasteiger partial charge in [-0.2, -0.15) is 0 Å². The van der Waals surface area contributed by atoms with Crippen molar-refractivity contribution in [2.24, 2.45) is 4.99 Å². The Labute approximate surface area is 191 Å². The van der Waals surface area contributed by atoms with Gasteiger partial charge in [-0.15, -0.1) is 24.0 Å². The van der Waals surface area contributed by atoms with Gasteiger partial charge in [-0.25, -0.2) is 18.1 Å². The van der Waals surface area contributed by atoms with Gasteiger partial charge in [-0.3, -0.25) is 0 Å². The second-order valence-electron chi connectivity index (χ2n) is 6.84. The smallest absolute Gasteiger partial charge is 0.209 e. The molecule has 0 radical (unpaired) electrons. The van der Waals surface area contributed by atoms with Crippen LogP contribution in [0.1, 0.15) is 26.3 Å².